The van der Waals surface area contributed by atoms with Gasteiger partial charge in [0, 0.05) is 9.35 Å². The fraction of sp³-hybridized carbons (Fsp3) is 0.231. The van der Waals surface area contributed by atoms with E-state index in [-0.39, 0.29) is 5.38 Å². The van der Waals surface area contributed by atoms with Crippen molar-refractivity contribution in [1.82, 2.24) is 0 Å². The van der Waals surface area contributed by atoms with E-state index in [0.29, 0.717) is 11.5 Å². The number of thiophene rings is 1. The number of halogens is 2. The van der Waals surface area contributed by atoms with E-state index in [0.717, 1.165) is 14.9 Å². The summed E-state index contributed by atoms with van der Waals surface area (Å²) in [5, 5.41) is 1.82. The summed E-state index contributed by atoms with van der Waals surface area (Å²) in [5.41, 5.74) is 0.969. The van der Waals surface area contributed by atoms with E-state index in [4.69, 9.17) is 21.1 Å². The molecule has 0 aliphatic rings. The average Bonchev–Trinajstić information content (AvgIpc) is 2.91. The standard InChI is InChI=1S/C13H12BrClO2S/c1-16-10-6-8(9(14)7-11(10)17-2)13(15)12-4-3-5-18-12/h3-7,13H,1-2H3. The molecule has 0 N–H and O–H groups in total. The molecule has 0 amide bonds. The van der Waals surface area contributed by atoms with Crippen molar-refractivity contribution in [3.05, 3.63) is 44.6 Å². The van der Waals surface area contributed by atoms with Crippen molar-refractivity contribution in [3.8, 4) is 11.5 Å². The van der Waals surface area contributed by atoms with Crippen LogP contribution in [0.3, 0.4) is 0 Å². The molecule has 0 radical (unpaired) electrons. The fourth-order valence-electron chi connectivity index (χ4n) is 1.65. The van der Waals surface area contributed by atoms with E-state index >= 15 is 0 Å². The van der Waals surface area contributed by atoms with E-state index in [2.05, 4.69) is 15.9 Å². The van der Waals surface area contributed by atoms with E-state index < -0.39 is 0 Å². The summed E-state index contributed by atoms with van der Waals surface area (Å²) >= 11 is 11.6. The summed E-state index contributed by atoms with van der Waals surface area (Å²) in [5.74, 6) is 1.36. The lowest BCUT2D eigenvalue weighted by Gasteiger charge is -2.14. The lowest BCUT2D eigenvalue weighted by atomic mass is 10.1. The number of hydrogen-bond acceptors (Lipinski definition) is 3. The molecule has 0 spiro atoms. The normalized spacial score (nSPS) is 12.2. The highest BCUT2D eigenvalue weighted by Gasteiger charge is 2.18. The zero-order chi connectivity index (χ0) is 13.1. The predicted octanol–water partition coefficient (Wildman–Crippen LogP) is 4.86. The van der Waals surface area contributed by atoms with E-state index in [1.165, 1.54) is 0 Å². The Morgan fingerprint density at radius 3 is 2.44 bits per heavy atom. The maximum Gasteiger partial charge on any atom is 0.161 e. The van der Waals surface area contributed by atoms with Gasteiger partial charge in [-0.05, 0) is 29.1 Å². The van der Waals surface area contributed by atoms with Crippen LogP contribution in [0, 0.1) is 0 Å². The Morgan fingerprint density at radius 1 is 1.22 bits per heavy atom. The molecule has 0 saturated heterocycles. The zero-order valence-corrected chi connectivity index (χ0v) is 13.1. The first-order valence-corrected chi connectivity index (χ1v) is 7.37. The molecule has 1 unspecified atom stereocenters. The smallest absolute Gasteiger partial charge is 0.161 e. The van der Waals surface area contributed by atoms with Gasteiger partial charge < -0.3 is 9.47 Å². The third-order valence-electron chi connectivity index (χ3n) is 2.57. The largest absolute Gasteiger partial charge is 0.493 e. The minimum atomic E-state index is -0.195. The number of alkyl halides is 1. The Morgan fingerprint density at radius 2 is 1.89 bits per heavy atom. The van der Waals surface area contributed by atoms with Gasteiger partial charge in [0.1, 0.15) is 0 Å². The van der Waals surface area contributed by atoms with Crippen LogP contribution in [0.1, 0.15) is 15.8 Å². The van der Waals surface area contributed by atoms with E-state index in [1.54, 1.807) is 25.6 Å². The highest BCUT2D eigenvalue weighted by molar-refractivity contribution is 9.10. The molecule has 0 aliphatic heterocycles. The average molecular weight is 348 g/mol. The Kier molecular flexibility index (Phi) is 4.54. The highest BCUT2D eigenvalue weighted by atomic mass is 79.9. The topological polar surface area (TPSA) is 18.5 Å². The first-order valence-electron chi connectivity index (χ1n) is 5.26. The maximum atomic E-state index is 6.49. The van der Waals surface area contributed by atoms with Gasteiger partial charge >= 0.3 is 0 Å². The van der Waals surface area contributed by atoms with Crippen molar-refractivity contribution in [2.75, 3.05) is 14.2 Å². The lowest BCUT2D eigenvalue weighted by molar-refractivity contribution is 0.354. The van der Waals surface area contributed by atoms with Gasteiger partial charge in [0.25, 0.3) is 0 Å². The van der Waals surface area contributed by atoms with Crippen LogP contribution in [0.5, 0.6) is 11.5 Å². The lowest BCUT2D eigenvalue weighted by Crippen LogP contribution is -1.96. The van der Waals surface area contributed by atoms with Gasteiger partial charge in [-0.15, -0.1) is 22.9 Å². The van der Waals surface area contributed by atoms with E-state index in [1.807, 2.05) is 29.6 Å². The van der Waals surface area contributed by atoms with Crippen LogP contribution in [0.2, 0.25) is 0 Å². The zero-order valence-electron chi connectivity index (χ0n) is 9.94. The van der Waals surface area contributed by atoms with Crippen molar-refractivity contribution in [3.63, 3.8) is 0 Å². The summed E-state index contributed by atoms with van der Waals surface area (Å²) in [7, 11) is 3.23. The van der Waals surface area contributed by atoms with Gasteiger partial charge in [-0.25, -0.2) is 0 Å². The first kappa shape index (κ1) is 13.7. The van der Waals surface area contributed by atoms with Crippen molar-refractivity contribution in [1.29, 1.82) is 0 Å². The molecule has 1 atom stereocenters. The van der Waals surface area contributed by atoms with Crippen LogP contribution >= 0.6 is 38.9 Å². The van der Waals surface area contributed by atoms with Gasteiger partial charge in [0.05, 0.1) is 19.6 Å². The molecule has 0 saturated carbocycles. The second-order valence-electron chi connectivity index (χ2n) is 3.61. The van der Waals surface area contributed by atoms with E-state index in [9.17, 15) is 0 Å². The van der Waals surface area contributed by atoms with Crippen LogP contribution in [-0.2, 0) is 0 Å². The SMILES string of the molecule is COc1cc(Br)c(C(Cl)c2cccs2)cc1OC. The summed E-state index contributed by atoms with van der Waals surface area (Å²) in [6.45, 7) is 0. The van der Waals surface area contributed by atoms with Crippen molar-refractivity contribution >= 4 is 38.9 Å². The van der Waals surface area contributed by atoms with Gasteiger partial charge in [0.2, 0.25) is 0 Å². The Balaban J connectivity index is 2.45. The Hall–Kier alpha value is -0.710. The Labute approximate surface area is 124 Å². The maximum absolute atomic E-state index is 6.49. The molecule has 1 aromatic carbocycles. The molecule has 2 nitrogen and oxygen atoms in total. The third kappa shape index (κ3) is 2.66. The van der Waals surface area contributed by atoms with Crippen LogP contribution in [0.15, 0.2) is 34.1 Å². The first-order chi connectivity index (χ1) is 8.67. The summed E-state index contributed by atoms with van der Waals surface area (Å²) in [4.78, 5) is 1.10. The number of benzene rings is 1. The third-order valence-corrected chi connectivity index (χ3v) is 4.79. The predicted molar refractivity (Wildman–Crippen MR) is 79.3 cm³/mol. The number of hydrogen-bond donors (Lipinski definition) is 0. The monoisotopic (exact) mass is 346 g/mol. The molecule has 0 aliphatic carbocycles. The molecule has 0 bridgehead atoms. The molecular weight excluding hydrogens is 336 g/mol. The molecule has 0 fully saturated rings. The molecule has 96 valence electrons. The highest BCUT2D eigenvalue weighted by Crippen LogP contribution is 2.41. The molecule has 18 heavy (non-hydrogen) atoms. The molecule has 2 rings (SSSR count). The second kappa shape index (κ2) is 5.95. The van der Waals surface area contributed by atoms with Crippen molar-refractivity contribution < 1.29 is 9.47 Å². The minimum absolute atomic E-state index is 0.195. The van der Waals surface area contributed by atoms with Crippen LogP contribution in [0.4, 0.5) is 0 Å². The molecule has 1 heterocycles. The molecule has 1 aromatic heterocycles. The van der Waals surface area contributed by atoms with Crippen LogP contribution < -0.4 is 9.47 Å². The number of rotatable bonds is 4. The Bertz CT molecular complexity index is 528. The van der Waals surface area contributed by atoms with Gasteiger partial charge in [-0.3, -0.25) is 0 Å². The molecular formula is C13H12BrClO2S. The van der Waals surface area contributed by atoms with Crippen molar-refractivity contribution in [2.24, 2.45) is 0 Å². The summed E-state index contributed by atoms with van der Waals surface area (Å²) in [6.07, 6.45) is 0. The van der Waals surface area contributed by atoms with Crippen molar-refractivity contribution in [2.45, 2.75) is 5.38 Å². The summed E-state index contributed by atoms with van der Waals surface area (Å²) < 4.78 is 11.5. The number of methoxy groups -OCH3 is 2. The quantitative estimate of drug-likeness (QED) is 0.736. The van der Waals surface area contributed by atoms with Crippen LogP contribution in [0.25, 0.3) is 0 Å². The molecule has 2 aromatic rings. The second-order valence-corrected chi connectivity index (χ2v) is 5.88. The number of ether oxygens (including phenoxy) is 2. The minimum Gasteiger partial charge on any atom is -0.493 e. The van der Waals surface area contributed by atoms with Gasteiger partial charge in [-0.2, -0.15) is 0 Å². The van der Waals surface area contributed by atoms with Gasteiger partial charge in [0.15, 0.2) is 11.5 Å². The van der Waals surface area contributed by atoms with Crippen LogP contribution in [-0.4, -0.2) is 14.2 Å². The fourth-order valence-corrected chi connectivity index (χ4v) is 3.46. The van der Waals surface area contributed by atoms with Gasteiger partial charge in [-0.1, -0.05) is 22.0 Å². The molecule has 5 heteroatoms. The summed E-state index contributed by atoms with van der Waals surface area (Å²) in [6, 6.07) is 7.78.